The van der Waals surface area contributed by atoms with Crippen LogP contribution >= 0.6 is 0 Å². The van der Waals surface area contributed by atoms with Gasteiger partial charge in [-0.25, -0.2) is 9.59 Å². The van der Waals surface area contributed by atoms with Gasteiger partial charge in [0.05, 0.1) is 0 Å². The predicted octanol–water partition coefficient (Wildman–Crippen LogP) is 3.31. The first-order valence-corrected chi connectivity index (χ1v) is 8.14. The van der Waals surface area contributed by atoms with Gasteiger partial charge in [-0.2, -0.15) is 0 Å². The number of ether oxygens (including phenoxy) is 1. The van der Waals surface area contributed by atoms with Crippen LogP contribution in [0.2, 0.25) is 0 Å². The molecule has 0 saturated carbocycles. The molecule has 0 spiro atoms. The van der Waals surface area contributed by atoms with Crippen molar-refractivity contribution in [3.8, 4) is 0 Å². The smallest absolute Gasteiger partial charge is 0.355 e. The number of benzene rings is 1. The zero-order chi connectivity index (χ0) is 19.0. The van der Waals surface area contributed by atoms with E-state index in [0.29, 0.717) is 16.7 Å². The Morgan fingerprint density at radius 2 is 1.81 bits per heavy atom. The Balaban J connectivity index is 1.90. The van der Waals surface area contributed by atoms with Crippen LogP contribution in [-0.4, -0.2) is 16.3 Å². The molecule has 6 heteroatoms. The minimum atomic E-state index is -0.565. The van der Waals surface area contributed by atoms with Crippen molar-refractivity contribution in [2.75, 3.05) is 0 Å². The van der Waals surface area contributed by atoms with Crippen LogP contribution < -0.4 is 5.63 Å². The lowest BCUT2D eigenvalue weighted by Crippen LogP contribution is -2.11. The van der Waals surface area contributed by atoms with Gasteiger partial charge in [-0.05, 0) is 50.1 Å². The Kier molecular flexibility index (Phi) is 4.50. The molecule has 2 heterocycles. The van der Waals surface area contributed by atoms with Gasteiger partial charge in [0.1, 0.15) is 17.9 Å². The number of aryl methyl sites for hydroxylation is 3. The third-order valence-electron chi connectivity index (χ3n) is 4.42. The van der Waals surface area contributed by atoms with E-state index >= 15 is 0 Å². The molecule has 134 valence electrons. The fraction of sp³-hybridized carbons (Fsp3) is 0.250. The molecule has 6 nitrogen and oxygen atoms in total. The quantitative estimate of drug-likeness (QED) is 0.408. The standard InChI is InChI=1S/C20H19NO5/c1-11-5-16-15(8-19(23)26-18(16)6-12(11)2)10-25-20(24)17-7-14(13(3)22)9-21(17)4/h5-9H,10H2,1-4H3. The van der Waals surface area contributed by atoms with E-state index in [4.69, 9.17) is 9.15 Å². The molecule has 0 atom stereocenters. The number of aromatic nitrogens is 1. The lowest BCUT2D eigenvalue weighted by molar-refractivity contribution is 0.0462. The summed E-state index contributed by atoms with van der Waals surface area (Å²) in [6.07, 6.45) is 1.58. The summed E-state index contributed by atoms with van der Waals surface area (Å²) in [4.78, 5) is 35.6. The van der Waals surface area contributed by atoms with Crippen molar-refractivity contribution in [2.45, 2.75) is 27.4 Å². The van der Waals surface area contributed by atoms with Crippen LogP contribution in [0, 0.1) is 13.8 Å². The number of ketones is 1. The number of hydrogen-bond donors (Lipinski definition) is 0. The van der Waals surface area contributed by atoms with Gasteiger partial charge in [0, 0.05) is 35.8 Å². The van der Waals surface area contributed by atoms with Crippen LogP contribution in [0.25, 0.3) is 11.0 Å². The number of hydrogen-bond acceptors (Lipinski definition) is 5. The molecule has 0 saturated heterocycles. The SMILES string of the molecule is CC(=O)c1cc(C(=O)OCc2cc(=O)oc3cc(C)c(C)cc23)n(C)c1. The molecule has 0 aliphatic heterocycles. The predicted molar refractivity (Wildman–Crippen MR) is 96.5 cm³/mol. The second-order valence-electron chi connectivity index (χ2n) is 6.38. The Morgan fingerprint density at radius 1 is 1.12 bits per heavy atom. The summed E-state index contributed by atoms with van der Waals surface area (Å²) in [7, 11) is 1.67. The molecular weight excluding hydrogens is 334 g/mol. The molecule has 0 bridgehead atoms. The maximum atomic E-state index is 12.4. The van der Waals surface area contributed by atoms with Crippen LogP contribution in [0.15, 0.2) is 39.7 Å². The monoisotopic (exact) mass is 353 g/mol. The summed E-state index contributed by atoms with van der Waals surface area (Å²) in [5.74, 6) is -0.692. The molecule has 0 N–H and O–H groups in total. The lowest BCUT2D eigenvalue weighted by Gasteiger charge is -2.09. The van der Waals surface area contributed by atoms with Gasteiger partial charge in [-0.1, -0.05) is 0 Å². The summed E-state index contributed by atoms with van der Waals surface area (Å²) < 4.78 is 12.2. The summed E-state index contributed by atoms with van der Waals surface area (Å²) in [6.45, 7) is 5.26. The highest BCUT2D eigenvalue weighted by atomic mass is 16.5. The Bertz CT molecular complexity index is 1090. The van der Waals surface area contributed by atoms with Crippen LogP contribution in [0.1, 0.15) is 44.5 Å². The van der Waals surface area contributed by atoms with Crippen molar-refractivity contribution in [3.05, 3.63) is 68.8 Å². The largest absolute Gasteiger partial charge is 0.456 e. The average molecular weight is 353 g/mol. The molecule has 0 radical (unpaired) electrons. The van der Waals surface area contributed by atoms with Crippen LogP contribution in [0.5, 0.6) is 0 Å². The highest BCUT2D eigenvalue weighted by molar-refractivity contribution is 5.97. The molecule has 0 aliphatic rings. The normalized spacial score (nSPS) is 10.9. The number of Topliss-reactive ketones (excluding diaryl/α,β-unsaturated/α-hetero) is 1. The van der Waals surface area contributed by atoms with Gasteiger partial charge in [0.25, 0.3) is 0 Å². The first kappa shape index (κ1) is 17.7. The molecule has 0 unspecified atom stereocenters. The topological polar surface area (TPSA) is 78.5 Å². The van der Waals surface area contributed by atoms with E-state index in [2.05, 4.69) is 0 Å². The molecule has 3 rings (SSSR count). The number of nitrogens with zero attached hydrogens (tertiary/aromatic N) is 1. The Labute approximate surface area is 150 Å². The molecule has 0 aliphatic carbocycles. The van der Waals surface area contributed by atoms with Crippen molar-refractivity contribution in [1.82, 2.24) is 4.57 Å². The fourth-order valence-electron chi connectivity index (χ4n) is 2.78. The van der Waals surface area contributed by atoms with Crippen molar-refractivity contribution < 1.29 is 18.7 Å². The first-order valence-electron chi connectivity index (χ1n) is 8.14. The van der Waals surface area contributed by atoms with Crippen molar-refractivity contribution >= 4 is 22.7 Å². The fourth-order valence-corrected chi connectivity index (χ4v) is 2.78. The zero-order valence-electron chi connectivity index (χ0n) is 15.1. The van der Waals surface area contributed by atoms with E-state index in [0.717, 1.165) is 16.5 Å². The van der Waals surface area contributed by atoms with Crippen molar-refractivity contribution in [3.63, 3.8) is 0 Å². The van der Waals surface area contributed by atoms with E-state index in [1.165, 1.54) is 19.1 Å². The van der Waals surface area contributed by atoms with Gasteiger partial charge < -0.3 is 13.7 Å². The number of fused-ring (bicyclic) bond motifs is 1. The lowest BCUT2D eigenvalue weighted by atomic mass is 10.0. The van der Waals surface area contributed by atoms with Crippen LogP contribution in [0.3, 0.4) is 0 Å². The molecule has 0 fully saturated rings. The second-order valence-corrected chi connectivity index (χ2v) is 6.38. The number of rotatable bonds is 4. The first-order chi connectivity index (χ1) is 12.3. The molecule has 3 aromatic rings. The zero-order valence-corrected chi connectivity index (χ0v) is 15.1. The molecule has 0 amide bonds. The van der Waals surface area contributed by atoms with Crippen LogP contribution in [0.4, 0.5) is 0 Å². The van der Waals surface area contributed by atoms with Gasteiger partial charge in [0.15, 0.2) is 5.78 Å². The van der Waals surface area contributed by atoms with Gasteiger partial charge >= 0.3 is 11.6 Å². The maximum Gasteiger partial charge on any atom is 0.355 e. The van der Waals surface area contributed by atoms with E-state index in [9.17, 15) is 14.4 Å². The third kappa shape index (κ3) is 3.31. The van der Waals surface area contributed by atoms with E-state index in [1.54, 1.807) is 23.9 Å². The van der Waals surface area contributed by atoms with Crippen molar-refractivity contribution in [2.24, 2.45) is 7.05 Å². The van der Waals surface area contributed by atoms with Gasteiger partial charge in [-0.15, -0.1) is 0 Å². The number of carbonyl (C=O) groups excluding carboxylic acids is 2. The molecular formula is C20H19NO5. The maximum absolute atomic E-state index is 12.4. The van der Waals surface area contributed by atoms with Gasteiger partial charge in [-0.3, -0.25) is 4.79 Å². The van der Waals surface area contributed by atoms with E-state index < -0.39 is 11.6 Å². The second kappa shape index (κ2) is 6.63. The summed E-state index contributed by atoms with van der Waals surface area (Å²) in [5, 5.41) is 0.733. The minimum Gasteiger partial charge on any atom is -0.456 e. The van der Waals surface area contributed by atoms with Gasteiger partial charge in [0.2, 0.25) is 0 Å². The summed E-state index contributed by atoms with van der Waals surface area (Å²) in [6, 6.07) is 6.53. The minimum absolute atomic E-state index is 0.0655. The summed E-state index contributed by atoms with van der Waals surface area (Å²) in [5.41, 5.74) is 3.32. The van der Waals surface area contributed by atoms with Crippen molar-refractivity contribution in [1.29, 1.82) is 0 Å². The Morgan fingerprint density at radius 3 is 2.46 bits per heavy atom. The van der Waals surface area contributed by atoms with E-state index in [1.807, 2.05) is 19.9 Å². The molecule has 26 heavy (non-hydrogen) atoms. The molecule has 2 aromatic heterocycles. The third-order valence-corrected chi connectivity index (χ3v) is 4.42. The average Bonchev–Trinajstić information content (AvgIpc) is 2.96. The highest BCUT2D eigenvalue weighted by Gasteiger charge is 2.16. The summed E-state index contributed by atoms with van der Waals surface area (Å²) >= 11 is 0. The highest BCUT2D eigenvalue weighted by Crippen LogP contribution is 2.22. The molecule has 1 aromatic carbocycles. The van der Waals surface area contributed by atoms with E-state index in [-0.39, 0.29) is 18.1 Å². The van der Waals surface area contributed by atoms with Crippen LogP contribution in [-0.2, 0) is 18.4 Å². The number of carbonyl (C=O) groups is 2. The number of esters is 1. The Hall–Kier alpha value is -3.15.